The molecule has 6 heteroatoms. The zero-order valence-electron chi connectivity index (χ0n) is 6.29. The van der Waals surface area contributed by atoms with E-state index in [-0.39, 0.29) is 0 Å². The molecule has 0 bridgehead atoms. The van der Waals surface area contributed by atoms with E-state index in [9.17, 15) is 0 Å². The molecule has 0 radical (unpaired) electrons. The fourth-order valence-electron chi connectivity index (χ4n) is 0.924. The largest absolute Gasteiger partial charge is 0.361 e. The molecule has 0 spiro atoms. The fraction of sp³-hybridized carbons (Fsp3) is 0.167. The molecule has 2 aromatic rings. The minimum atomic E-state index is 0.422. The zero-order valence-corrected chi connectivity index (χ0v) is 7.10. The van der Waals surface area contributed by atoms with E-state index < -0.39 is 0 Å². The van der Waals surface area contributed by atoms with Gasteiger partial charge < -0.3 is 4.52 Å². The molecule has 2 aromatic heterocycles. The van der Waals surface area contributed by atoms with Crippen molar-refractivity contribution in [1.82, 2.24) is 20.3 Å². The van der Waals surface area contributed by atoms with Gasteiger partial charge in [-0.2, -0.15) is 4.98 Å². The number of H-pyrrole nitrogens is 2. The van der Waals surface area contributed by atoms with Crippen molar-refractivity contribution in [1.29, 1.82) is 0 Å². The van der Waals surface area contributed by atoms with Crippen molar-refractivity contribution in [3.8, 4) is 11.4 Å². The minimum absolute atomic E-state index is 0.422. The van der Waals surface area contributed by atoms with Gasteiger partial charge in [0.1, 0.15) is 5.76 Å². The fourth-order valence-corrected chi connectivity index (χ4v) is 1.07. The summed E-state index contributed by atoms with van der Waals surface area (Å²) in [6, 6.07) is 0. The molecule has 5 nitrogen and oxygen atoms in total. The Labute approximate surface area is 72.8 Å². The number of nitrogens with one attached hydrogen (secondary N) is 2. The zero-order chi connectivity index (χ0) is 8.55. The average molecular weight is 182 g/mol. The summed E-state index contributed by atoms with van der Waals surface area (Å²) in [5.41, 5.74) is 0.822. The summed E-state index contributed by atoms with van der Waals surface area (Å²) in [7, 11) is 0. The summed E-state index contributed by atoms with van der Waals surface area (Å²) in [5.74, 6) is 1.37. The van der Waals surface area contributed by atoms with Crippen molar-refractivity contribution in [2.75, 3.05) is 0 Å². The average Bonchev–Trinajstić information content (AvgIpc) is 2.58. The first-order valence-electron chi connectivity index (χ1n) is 3.33. The van der Waals surface area contributed by atoms with Crippen LogP contribution in [-0.2, 0) is 0 Å². The van der Waals surface area contributed by atoms with Gasteiger partial charge in [-0.1, -0.05) is 5.16 Å². The number of aromatic nitrogens is 4. The lowest BCUT2D eigenvalue weighted by molar-refractivity contribution is 0.398. The van der Waals surface area contributed by atoms with E-state index in [1.54, 1.807) is 6.20 Å². The Morgan fingerprint density at radius 2 is 2.33 bits per heavy atom. The molecule has 0 aliphatic heterocycles. The molecule has 2 N–H and O–H groups in total. The summed E-state index contributed by atoms with van der Waals surface area (Å²) < 4.78 is 5.29. The van der Waals surface area contributed by atoms with Gasteiger partial charge in [-0.3, -0.25) is 10.2 Å². The van der Waals surface area contributed by atoms with E-state index in [1.807, 2.05) is 6.92 Å². The summed E-state index contributed by atoms with van der Waals surface area (Å²) >= 11 is 4.80. The van der Waals surface area contributed by atoms with Crippen LogP contribution < -0.4 is 0 Å². The molecule has 2 rings (SSSR count). The summed E-state index contributed by atoms with van der Waals surface area (Å²) in [6.45, 7) is 1.81. The highest BCUT2D eigenvalue weighted by Gasteiger charge is 2.07. The van der Waals surface area contributed by atoms with E-state index in [2.05, 4.69) is 20.3 Å². The van der Waals surface area contributed by atoms with Crippen molar-refractivity contribution in [3.05, 3.63) is 16.7 Å². The van der Waals surface area contributed by atoms with Crippen molar-refractivity contribution < 1.29 is 4.52 Å². The molecule has 2 heterocycles. The van der Waals surface area contributed by atoms with Crippen LogP contribution in [0.5, 0.6) is 0 Å². The molecule has 0 fully saturated rings. The first-order chi connectivity index (χ1) is 5.77. The van der Waals surface area contributed by atoms with Crippen LogP contribution in [-0.4, -0.2) is 20.3 Å². The number of hydrogen-bond acceptors (Lipinski definition) is 4. The second kappa shape index (κ2) is 2.56. The predicted molar refractivity (Wildman–Crippen MR) is 44.0 cm³/mol. The standard InChI is InChI=1S/C6H6N4OS/c1-3-4(2-7-11-3)5-8-6(12)10-9-5/h2H,1H3,(H2,8,9,10,12). The first kappa shape index (κ1) is 7.23. The van der Waals surface area contributed by atoms with E-state index >= 15 is 0 Å². The minimum Gasteiger partial charge on any atom is -0.361 e. The van der Waals surface area contributed by atoms with Crippen LogP contribution >= 0.6 is 12.2 Å². The third kappa shape index (κ3) is 1.06. The van der Waals surface area contributed by atoms with Crippen LogP contribution in [0.15, 0.2) is 10.7 Å². The lowest BCUT2D eigenvalue weighted by Crippen LogP contribution is -1.79. The van der Waals surface area contributed by atoms with Crippen LogP contribution in [0.1, 0.15) is 5.76 Å². The SMILES string of the molecule is Cc1oncc1-c1nc(=S)[nH][nH]1. The highest BCUT2D eigenvalue weighted by atomic mass is 32.1. The number of nitrogens with zero attached hydrogens (tertiary/aromatic N) is 2. The number of rotatable bonds is 1. The molecule has 0 atom stereocenters. The second-order valence-corrected chi connectivity index (χ2v) is 2.70. The maximum atomic E-state index is 4.87. The van der Waals surface area contributed by atoms with Gasteiger partial charge in [-0.15, -0.1) is 0 Å². The number of aryl methyl sites for hydroxylation is 1. The molecular formula is C6H6N4OS. The van der Waals surface area contributed by atoms with Gasteiger partial charge in [-0.05, 0) is 19.1 Å². The van der Waals surface area contributed by atoms with Crippen molar-refractivity contribution in [2.45, 2.75) is 6.92 Å². The second-order valence-electron chi connectivity index (χ2n) is 2.31. The summed E-state index contributed by atoms with van der Waals surface area (Å²) in [4.78, 5) is 4.02. The Morgan fingerprint density at radius 3 is 2.83 bits per heavy atom. The molecule has 0 aliphatic carbocycles. The number of hydrogen-bond donors (Lipinski definition) is 2. The van der Waals surface area contributed by atoms with Crippen molar-refractivity contribution >= 4 is 12.2 Å². The Bertz CT molecular complexity index is 440. The Hall–Kier alpha value is -1.43. The smallest absolute Gasteiger partial charge is 0.213 e. The van der Waals surface area contributed by atoms with Crippen molar-refractivity contribution in [2.24, 2.45) is 0 Å². The number of aromatic amines is 2. The first-order valence-corrected chi connectivity index (χ1v) is 3.74. The van der Waals surface area contributed by atoms with Crippen molar-refractivity contribution in [3.63, 3.8) is 0 Å². The van der Waals surface area contributed by atoms with E-state index in [0.29, 0.717) is 16.4 Å². The van der Waals surface area contributed by atoms with Gasteiger partial charge in [0.15, 0.2) is 5.82 Å². The van der Waals surface area contributed by atoms with Crippen LogP contribution in [0.2, 0.25) is 0 Å². The molecule has 0 aliphatic rings. The molecule has 12 heavy (non-hydrogen) atoms. The van der Waals surface area contributed by atoms with Crippen LogP contribution in [0.3, 0.4) is 0 Å². The lowest BCUT2D eigenvalue weighted by atomic mass is 10.3. The maximum Gasteiger partial charge on any atom is 0.213 e. The Morgan fingerprint density at radius 1 is 1.50 bits per heavy atom. The van der Waals surface area contributed by atoms with Gasteiger partial charge in [0.25, 0.3) is 0 Å². The Kier molecular flexibility index (Phi) is 1.54. The van der Waals surface area contributed by atoms with E-state index in [1.165, 1.54) is 0 Å². The molecule has 62 valence electrons. The maximum absolute atomic E-state index is 4.87. The normalized spacial score (nSPS) is 10.4. The van der Waals surface area contributed by atoms with Gasteiger partial charge in [0, 0.05) is 0 Å². The Balaban J connectivity index is 2.57. The summed E-state index contributed by atoms with van der Waals surface area (Å²) in [6.07, 6.45) is 1.59. The van der Waals surface area contributed by atoms with Gasteiger partial charge >= 0.3 is 0 Å². The van der Waals surface area contributed by atoms with Gasteiger partial charge in [0.05, 0.1) is 11.8 Å². The monoisotopic (exact) mass is 182 g/mol. The molecular weight excluding hydrogens is 176 g/mol. The third-order valence-electron chi connectivity index (χ3n) is 1.51. The topological polar surface area (TPSA) is 70.5 Å². The molecule has 0 unspecified atom stereocenters. The molecule has 0 amide bonds. The van der Waals surface area contributed by atoms with E-state index in [0.717, 1.165) is 5.56 Å². The third-order valence-corrected chi connectivity index (χ3v) is 1.70. The van der Waals surface area contributed by atoms with E-state index in [4.69, 9.17) is 16.7 Å². The van der Waals surface area contributed by atoms with Crippen LogP contribution in [0.25, 0.3) is 11.4 Å². The highest BCUT2D eigenvalue weighted by molar-refractivity contribution is 7.71. The molecule has 0 aromatic carbocycles. The predicted octanol–water partition coefficient (Wildman–Crippen LogP) is 1.43. The van der Waals surface area contributed by atoms with Crippen LogP contribution in [0, 0.1) is 11.7 Å². The quantitative estimate of drug-likeness (QED) is 0.654. The van der Waals surface area contributed by atoms with Gasteiger partial charge in [-0.25, -0.2) is 0 Å². The summed E-state index contributed by atoms with van der Waals surface area (Å²) in [5, 5.41) is 9.13. The molecule has 0 saturated carbocycles. The molecule has 0 saturated heterocycles. The lowest BCUT2D eigenvalue weighted by Gasteiger charge is -1.87. The highest BCUT2D eigenvalue weighted by Crippen LogP contribution is 2.17. The van der Waals surface area contributed by atoms with Gasteiger partial charge in [0.2, 0.25) is 4.77 Å². The van der Waals surface area contributed by atoms with Crippen LogP contribution in [0.4, 0.5) is 0 Å².